The average Bonchev–Trinajstić information content (AvgIpc) is 3.41. The van der Waals surface area contributed by atoms with Gasteiger partial charge in [-0.2, -0.15) is 18.3 Å². The monoisotopic (exact) mass is 776 g/mol. The lowest BCUT2D eigenvalue weighted by atomic mass is 9.94. The summed E-state index contributed by atoms with van der Waals surface area (Å²) in [4.78, 5) is 68.8. The number of nitrogens with one attached hydrogen (secondary N) is 2. The van der Waals surface area contributed by atoms with Crippen LogP contribution in [0.3, 0.4) is 0 Å². The van der Waals surface area contributed by atoms with Crippen molar-refractivity contribution in [1.29, 1.82) is 0 Å². The minimum Gasteiger partial charge on any atom is -0.379 e. The Labute approximate surface area is 320 Å². The Hall–Kier alpha value is -5.29. The van der Waals surface area contributed by atoms with Crippen LogP contribution in [0.1, 0.15) is 67.1 Å². The number of halogens is 3. The number of carbonyl (C=O) groups is 4. The molecule has 296 valence electrons. The zero-order valence-corrected chi connectivity index (χ0v) is 31.6. The number of carbonyl (C=O) groups excluding carboxylic acids is 4. The van der Waals surface area contributed by atoms with Crippen LogP contribution in [0, 0.1) is 18.3 Å². The van der Waals surface area contributed by atoms with Gasteiger partial charge in [-0.25, -0.2) is 15.0 Å². The van der Waals surface area contributed by atoms with Gasteiger partial charge in [0.2, 0.25) is 17.7 Å². The predicted molar refractivity (Wildman–Crippen MR) is 196 cm³/mol. The first kappa shape index (κ1) is 39.0. The number of Topliss-reactive ketones (excluding diaryl/α,β-unsaturated/α-hetero) is 1. The van der Waals surface area contributed by atoms with Gasteiger partial charge in [0.15, 0.2) is 5.78 Å². The third-order valence-corrected chi connectivity index (χ3v) is 11.6. The number of hydrogen-bond donors (Lipinski definition) is 2. The summed E-state index contributed by atoms with van der Waals surface area (Å²) in [6.07, 6.45) is -0.707. The average molecular weight is 777 g/mol. The Kier molecular flexibility index (Phi) is 10.4. The maximum Gasteiger partial charge on any atom is 0.433 e. The molecule has 17 heteroatoms. The van der Waals surface area contributed by atoms with Crippen LogP contribution >= 0.6 is 0 Å². The number of hydrogen-bond acceptors (Lipinski definition) is 10. The summed E-state index contributed by atoms with van der Waals surface area (Å²) in [5.41, 5.74) is 1.05. The van der Waals surface area contributed by atoms with Crippen LogP contribution in [-0.2, 0) is 43.0 Å². The highest BCUT2D eigenvalue weighted by Gasteiger charge is 2.72. The molecule has 3 aromatic heterocycles. The molecule has 2 N–H and O–H groups in total. The van der Waals surface area contributed by atoms with Crippen LogP contribution in [0.5, 0.6) is 0 Å². The number of rotatable bonds is 6. The highest BCUT2D eigenvalue weighted by atomic mass is 19.4. The Morgan fingerprint density at radius 3 is 2.38 bits per heavy atom. The van der Waals surface area contributed by atoms with Crippen LogP contribution in [0.15, 0.2) is 42.7 Å². The Morgan fingerprint density at radius 1 is 1.02 bits per heavy atom. The molecule has 14 nitrogen and oxygen atoms in total. The van der Waals surface area contributed by atoms with Gasteiger partial charge in [-0.1, -0.05) is 13.0 Å². The van der Waals surface area contributed by atoms with Crippen molar-refractivity contribution in [2.45, 2.75) is 89.9 Å². The number of piperidine rings is 1. The fraction of sp³-hybridized carbons (Fsp3) is 0.487. The van der Waals surface area contributed by atoms with E-state index in [0.29, 0.717) is 41.6 Å². The van der Waals surface area contributed by atoms with Crippen molar-refractivity contribution < 1.29 is 41.8 Å². The quantitative estimate of drug-likeness (QED) is 0.265. The van der Waals surface area contributed by atoms with Gasteiger partial charge in [0.25, 0.3) is 0 Å². The second-order valence-electron chi connectivity index (χ2n) is 14.9. The Balaban J connectivity index is 1.32. The second-order valence-corrected chi connectivity index (χ2v) is 14.9. The molecule has 2 bridgehead atoms. The molecule has 1 aromatic carbocycles. The normalized spacial score (nSPS) is 25.7. The van der Waals surface area contributed by atoms with Gasteiger partial charge in [-0.05, 0) is 73.9 Å². The van der Waals surface area contributed by atoms with Crippen molar-refractivity contribution in [3.63, 3.8) is 0 Å². The third kappa shape index (κ3) is 7.24. The highest BCUT2D eigenvalue weighted by molar-refractivity contribution is 6.07. The van der Waals surface area contributed by atoms with Crippen LogP contribution in [0.25, 0.3) is 22.0 Å². The summed E-state index contributed by atoms with van der Waals surface area (Å²) < 4.78 is 53.6. The molecule has 0 radical (unpaired) electrons. The van der Waals surface area contributed by atoms with E-state index in [2.05, 4.69) is 30.7 Å². The van der Waals surface area contributed by atoms with E-state index in [9.17, 15) is 32.3 Å². The lowest BCUT2D eigenvalue weighted by Crippen LogP contribution is -2.47. The minimum atomic E-state index is -4.73. The summed E-state index contributed by atoms with van der Waals surface area (Å²) >= 11 is 0. The summed E-state index contributed by atoms with van der Waals surface area (Å²) in [6, 6.07) is 5.39. The molecule has 3 unspecified atom stereocenters. The number of nitrogens with zero attached hydrogens (tertiary/aromatic N) is 6. The van der Waals surface area contributed by atoms with Crippen LogP contribution in [-0.4, -0.2) is 98.2 Å². The van der Waals surface area contributed by atoms with Gasteiger partial charge < -0.3 is 25.0 Å². The smallest absolute Gasteiger partial charge is 0.379 e. The van der Waals surface area contributed by atoms with E-state index < -0.39 is 53.4 Å². The molecule has 3 aliphatic rings. The number of aromatic nitrogens is 5. The van der Waals surface area contributed by atoms with Gasteiger partial charge in [0.1, 0.15) is 35.6 Å². The summed E-state index contributed by atoms with van der Waals surface area (Å²) in [5, 5.41) is 10.7. The molecule has 2 aliphatic heterocycles. The molecule has 6 atom stereocenters. The van der Waals surface area contributed by atoms with Crippen LogP contribution in [0.2, 0.25) is 0 Å². The fourth-order valence-corrected chi connectivity index (χ4v) is 8.63. The molecular formula is C39H43F3N8O6. The Morgan fingerprint density at radius 2 is 1.71 bits per heavy atom. The number of ether oxygens (including phenoxy) is 2. The standard InChI is InChI=1S/C39H43F3N8O6/c1-20-36-38(20)15-27(37(54)47-31-8-6-7-30(46-31)39(40,41)42)50(36)33(53)18-49-35-23(9-10-28(55-4)29(56-5)11-12-32(52)45-19-38)13-24(25-16-43-22(3)44-17-25)14-26(35)34(48-49)21(2)51/h6-8,13-14,16-17,20,27-29,36H,9-12,15,18-19H2,1-5H3,(H,45,52)(H,46,47,54)/t20-,27-,28?,29?,36?,38+/m0/s1. The first-order chi connectivity index (χ1) is 26.6. The van der Waals surface area contributed by atoms with Crippen LogP contribution in [0.4, 0.5) is 19.0 Å². The number of alkyl halides is 3. The summed E-state index contributed by atoms with van der Waals surface area (Å²) in [6.45, 7) is 4.93. The molecular weight excluding hydrogens is 733 g/mol. The van der Waals surface area contributed by atoms with Gasteiger partial charge in [0.05, 0.1) is 17.7 Å². The van der Waals surface area contributed by atoms with E-state index in [0.717, 1.165) is 23.3 Å². The van der Waals surface area contributed by atoms with Crippen molar-refractivity contribution in [2.24, 2.45) is 11.3 Å². The number of aryl methyl sites for hydroxylation is 2. The number of pyridine rings is 1. The van der Waals surface area contributed by atoms with Gasteiger partial charge in [-0.15, -0.1) is 0 Å². The van der Waals surface area contributed by atoms with Crippen molar-refractivity contribution >= 4 is 40.2 Å². The van der Waals surface area contributed by atoms with E-state index in [1.807, 2.05) is 19.1 Å². The zero-order chi connectivity index (χ0) is 40.1. The first-order valence-electron chi connectivity index (χ1n) is 18.5. The molecule has 3 amide bonds. The summed E-state index contributed by atoms with van der Waals surface area (Å²) in [5.74, 6) is -1.59. The van der Waals surface area contributed by atoms with E-state index in [4.69, 9.17) is 9.47 Å². The molecule has 2 fully saturated rings. The molecule has 1 saturated carbocycles. The number of methoxy groups -OCH3 is 2. The fourth-order valence-electron chi connectivity index (χ4n) is 8.63. The SMILES string of the molecule is COC1CCC(=O)NC[C@@]23C[C@@H](C(=O)Nc4cccc(C(F)(F)F)n4)N(C(=O)Cn4nc(C(C)=O)c5cc(-c6cnc(C)nc6)cc(c54)CCC1OC)C2[C@@H]3C. The van der Waals surface area contributed by atoms with Gasteiger partial charge in [-0.3, -0.25) is 23.9 Å². The molecule has 0 spiro atoms. The lowest BCUT2D eigenvalue weighted by Gasteiger charge is -2.28. The lowest BCUT2D eigenvalue weighted by molar-refractivity contribution is -0.141. The van der Waals surface area contributed by atoms with Gasteiger partial charge >= 0.3 is 6.18 Å². The van der Waals surface area contributed by atoms with Gasteiger partial charge in [0, 0.05) is 68.9 Å². The van der Waals surface area contributed by atoms with Crippen molar-refractivity contribution in [3.8, 4) is 11.1 Å². The molecule has 4 aromatic rings. The summed E-state index contributed by atoms with van der Waals surface area (Å²) in [7, 11) is 3.15. The Bertz CT molecular complexity index is 2190. The van der Waals surface area contributed by atoms with Crippen LogP contribution < -0.4 is 10.6 Å². The molecule has 56 heavy (non-hydrogen) atoms. The minimum absolute atomic E-state index is 0.122. The number of anilines is 1. The molecule has 1 aliphatic carbocycles. The zero-order valence-electron chi connectivity index (χ0n) is 31.6. The number of benzene rings is 1. The first-order valence-corrected chi connectivity index (χ1v) is 18.5. The topological polar surface area (TPSA) is 171 Å². The molecule has 1 saturated heterocycles. The van der Waals surface area contributed by atoms with E-state index in [-0.39, 0.29) is 55.1 Å². The largest absolute Gasteiger partial charge is 0.433 e. The predicted octanol–water partition coefficient (Wildman–Crippen LogP) is 4.54. The van der Waals surface area contributed by atoms with Crippen molar-refractivity contribution in [1.82, 2.24) is 34.9 Å². The van der Waals surface area contributed by atoms with Crippen molar-refractivity contribution in [2.75, 3.05) is 26.1 Å². The molecule has 7 rings (SSSR count). The third-order valence-electron chi connectivity index (χ3n) is 11.6. The van der Waals surface area contributed by atoms with E-state index in [1.165, 1.54) is 22.6 Å². The second kappa shape index (κ2) is 15.0. The van der Waals surface area contributed by atoms with Crippen molar-refractivity contribution in [3.05, 3.63) is 65.5 Å². The molecule has 5 heterocycles. The number of ketones is 1. The maximum atomic E-state index is 14.6. The highest BCUT2D eigenvalue weighted by Crippen LogP contribution is 2.64. The maximum absolute atomic E-state index is 14.6. The number of amides is 3. The van der Waals surface area contributed by atoms with E-state index in [1.54, 1.807) is 33.5 Å². The van der Waals surface area contributed by atoms with E-state index >= 15 is 0 Å².